The SMILES string of the molecule is CN=C(NCC1CCCOC1c1ccccc1)N1CCN(c2ccccn2)CC1. The van der Waals surface area contributed by atoms with Gasteiger partial charge in [0.1, 0.15) is 5.82 Å². The second-order valence-electron chi connectivity index (χ2n) is 7.69. The van der Waals surface area contributed by atoms with Gasteiger partial charge in [-0.15, -0.1) is 0 Å². The number of rotatable bonds is 4. The number of nitrogens with one attached hydrogen (secondary N) is 1. The van der Waals surface area contributed by atoms with Crippen molar-refractivity contribution in [3.8, 4) is 0 Å². The van der Waals surface area contributed by atoms with Gasteiger partial charge in [0.15, 0.2) is 5.96 Å². The molecule has 2 fully saturated rings. The van der Waals surface area contributed by atoms with Crippen LogP contribution in [0.1, 0.15) is 24.5 Å². The summed E-state index contributed by atoms with van der Waals surface area (Å²) in [6, 6.07) is 16.7. The molecule has 2 aliphatic rings. The number of aromatic nitrogens is 1. The fourth-order valence-electron chi connectivity index (χ4n) is 4.31. The first kappa shape index (κ1) is 19.7. The molecule has 3 heterocycles. The molecule has 154 valence electrons. The van der Waals surface area contributed by atoms with Crippen LogP contribution in [0.2, 0.25) is 0 Å². The van der Waals surface area contributed by atoms with Crippen molar-refractivity contribution in [2.24, 2.45) is 10.9 Å². The number of guanidine groups is 1. The Kier molecular flexibility index (Phi) is 6.62. The van der Waals surface area contributed by atoms with Crippen LogP contribution in [0.3, 0.4) is 0 Å². The third kappa shape index (κ3) is 4.88. The zero-order valence-corrected chi connectivity index (χ0v) is 17.2. The maximum Gasteiger partial charge on any atom is 0.193 e. The fourth-order valence-corrected chi connectivity index (χ4v) is 4.31. The third-order valence-corrected chi connectivity index (χ3v) is 5.86. The van der Waals surface area contributed by atoms with Gasteiger partial charge in [0, 0.05) is 58.5 Å². The number of anilines is 1. The zero-order chi connectivity index (χ0) is 19.9. The quantitative estimate of drug-likeness (QED) is 0.639. The second kappa shape index (κ2) is 9.74. The van der Waals surface area contributed by atoms with Crippen molar-refractivity contribution >= 4 is 11.8 Å². The summed E-state index contributed by atoms with van der Waals surface area (Å²) in [6.45, 7) is 5.53. The van der Waals surface area contributed by atoms with Crippen LogP contribution >= 0.6 is 0 Å². The minimum absolute atomic E-state index is 0.163. The lowest BCUT2D eigenvalue weighted by Gasteiger charge is -2.38. The van der Waals surface area contributed by atoms with Crippen LogP contribution in [0.25, 0.3) is 0 Å². The van der Waals surface area contributed by atoms with Gasteiger partial charge >= 0.3 is 0 Å². The summed E-state index contributed by atoms with van der Waals surface area (Å²) in [4.78, 5) is 13.7. The van der Waals surface area contributed by atoms with Crippen LogP contribution in [0.4, 0.5) is 5.82 Å². The summed E-state index contributed by atoms with van der Waals surface area (Å²) in [5, 5.41) is 3.62. The predicted octanol–water partition coefficient (Wildman–Crippen LogP) is 2.95. The fraction of sp³-hybridized carbons (Fsp3) is 0.478. The van der Waals surface area contributed by atoms with Gasteiger partial charge in [0.2, 0.25) is 0 Å². The standard InChI is InChI=1S/C23H31N5O/c1-24-23(28-15-13-27(14-16-28)21-11-5-6-12-25-21)26-18-20-10-7-17-29-22(20)19-8-3-2-4-9-19/h2-6,8-9,11-12,20,22H,7,10,13-18H2,1H3,(H,24,26). The first-order chi connectivity index (χ1) is 14.3. The highest BCUT2D eigenvalue weighted by Gasteiger charge is 2.28. The van der Waals surface area contributed by atoms with E-state index in [1.807, 2.05) is 25.4 Å². The van der Waals surface area contributed by atoms with Gasteiger partial charge < -0.3 is 19.9 Å². The maximum atomic E-state index is 6.14. The summed E-state index contributed by atoms with van der Waals surface area (Å²) in [7, 11) is 1.87. The van der Waals surface area contributed by atoms with Crippen LogP contribution in [-0.2, 0) is 4.74 Å². The summed E-state index contributed by atoms with van der Waals surface area (Å²) in [6.07, 6.45) is 4.32. The van der Waals surface area contributed by atoms with E-state index in [9.17, 15) is 0 Å². The third-order valence-electron chi connectivity index (χ3n) is 5.86. The lowest BCUT2D eigenvalue weighted by molar-refractivity contribution is -0.0266. The highest BCUT2D eigenvalue weighted by Crippen LogP contribution is 2.33. The average molecular weight is 394 g/mol. The zero-order valence-electron chi connectivity index (χ0n) is 17.2. The molecule has 6 heteroatoms. The number of pyridine rings is 1. The van der Waals surface area contributed by atoms with Gasteiger partial charge in [-0.2, -0.15) is 0 Å². The van der Waals surface area contributed by atoms with E-state index < -0.39 is 0 Å². The Morgan fingerprint density at radius 3 is 2.62 bits per heavy atom. The molecule has 0 spiro atoms. The molecule has 2 unspecified atom stereocenters. The molecule has 0 bridgehead atoms. The van der Waals surface area contributed by atoms with Crippen LogP contribution in [0.15, 0.2) is 59.7 Å². The molecule has 2 saturated heterocycles. The van der Waals surface area contributed by atoms with Crippen LogP contribution in [0, 0.1) is 5.92 Å². The Hall–Kier alpha value is -2.60. The van der Waals surface area contributed by atoms with E-state index in [0.29, 0.717) is 5.92 Å². The van der Waals surface area contributed by atoms with Crippen molar-refractivity contribution in [3.05, 3.63) is 60.3 Å². The maximum absolute atomic E-state index is 6.14. The molecule has 1 aromatic heterocycles. The molecular weight excluding hydrogens is 362 g/mol. The number of piperazine rings is 1. The van der Waals surface area contributed by atoms with Gasteiger partial charge in [0.05, 0.1) is 6.10 Å². The lowest BCUT2D eigenvalue weighted by Crippen LogP contribution is -2.53. The molecular formula is C23H31N5O. The molecule has 0 saturated carbocycles. The van der Waals surface area contributed by atoms with Crippen molar-refractivity contribution < 1.29 is 4.74 Å². The van der Waals surface area contributed by atoms with Crippen molar-refractivity contribution in [1.29, 1.82) is 0 Å². The average Bonchev–Trinajstić information content (AvgIpc) is 2.81. The number of hydrogen-bond acceptors (Lipinski definition) is 4. The normalized spacial score (nSPS) is 23.1. The number of ether oxygens (including phenoxy) is 1. The first-order valence-corrected chi connectivity index (χ1v) is 10.6. The molecule has 0 amide bonds. The predicted molar refractivity (Wildman–Crippen MR) is 117 cm³/mol. The van der Waals surface area contributed by atoms with E-state index >= 15 is 0 Å². The Morgan fingerprint density at radius 2 is 1.90 bits per heavy atom. The smallest absolute Gasteiger partial charge is 0.193 e. The Balaban J connectivity index is 1.32. The van der Waals surface area contributed by atoms with Gasteiger partial charge in [-0.3, -0.25) is 4.99 Å². The molecule has 1 aromatic carbocycles. The van der Waals surface area contributed by atoms with Gasteiger partial charge in [0.25, 0.3) is 0 Å². The largest absolute Gasteiger partial charge is 0.373 e. The highest BCUT2D eigenvalue weighted by molar-refractivity contribution is 5.80. The lowest BCUT2D eigenvalue weighted by atomic mass is 9.89. The molecule has 2 atom stereocenters. The number of hydrogen-bond donors (Lipinski definition) is 1. The molecule has 2 aromatic rings. The molecule has 0 radical (unpaired) electrons. The molecule has 29 heavy (non-hydrogen) atoms. The van der Waals surface area contributed by atoms with Gasteiger partial charge in [-0.05, 0) is 30.5 Å². The molecule has 1 N–H and O–H groups in total. The van der Waals surface area contributed by atoms with Crippen LogP contribution < -0.4 is 10.2 Å². The van der Waals surface area contributed by atoms with E-state index in [4.69, 9.17) is 4.74 Å². The summed E-state index contributed by atoms with van der Waals surface area (Å²) < 4.78 is 6.14. The van der Waals surface area contributed by atoms with Crippen molar-refractivity contribution in [1.82, 2.24) is 15.2 Å². The van der Waals surface area contributed by atoms with E-state index in [0.717, 1.165) is 57.5 Å². The Labute approximate surface area is 173 Å². The number of nitrogens with zero attached hydrogens (tertiary/aromatic N) is 4. The Bertz CT molecular complexity index is 774. The van der Waals surface area contributed by atoms with Gasteiger partial charge in [-0.25, -0.2) is 4.98 Å². The van der Waals surface area contributed by atoms with E-state index in [1.165, 1.54) is 12.0 Å². The highest BCUT2D eigenvalue weighted by atomic mass is 16.5. The second-order valence-corrected chi connectivity index (χ2v) is 7.69. The molecule has 4 rings (SSSR count). The number of aliphatic imine (C=N–C) groups is 1. The molecule has 0 aliphatic carbocycles. The van der Waals surface area contributed by atoms with E-state index in [2.05, 4.69) is 61.5 Å². The van der Waals surface area contributed by atoms with Crippen LogP contribution in [0.5, 0.6) is 0 Å². The Morgan fingerprint density at radius 1 is 1.10 bits per heavy atom. The molecule has 2 aliphatic heterocycles. The topological polar surface area (TPSA) is 53.0 Å². The summed E-state index contributed by atoms with van der Waals surface area (Å²) in [5.74, 6) is 2.50. The minimum Gasteiger partial charge on any atom is -0.373 e. The van der Waals surface area contributed by atoms with Crippen molar-refractivity contribution in [2.75, 3.05) is 51.3 Å². The van der Waals surface area contributed by atoms with Crippen molar-refractivity contribution in [2.45, 2.75) is 18.9 Å². The monoisotopic (exact) mass is 393 g/mol. The van der Waals surface area contributed by atoms with Gasteiger partial charge in [-0.1, -0.05) is 36.4 Å². The number of benzene rings is 1. The molecule has 6 nitrogen and oxygen atoms in total. The van der Waals surface area contributed by atoms with E-state index in [1.54, 1.807) is 0 Å². The van der Waals surface area contributed by atoms with E-state index in [-0.39, 0.29) is 6.10 Å². The summed E-state index contributed by atoms with van der Waals surface area (Å²) in [5.41, 5.74) is 1.28. The van der Waals surface area contributed by atoms with Crippen molar-refractivity contribution in [3.63, 3.8) is 0 Å². The van der Waals surface area contributed by atoms with Crippen LogP contribution in [-0.4, -0.2) is 62.2 Å². The minimum atomic E-state index is 0.163. The summed E-state index contributed by atoms with van der Waals surface area (Å²) >= 11 is 0. The first-order valence-electron chi connectivity index (χ1n) is 10.6.